The van der Waals surface area contributed by atoms with Gasteiger partial charge in [-0.2, -0.15) is 0 Å². The lowest BCUT2D eigenvalue weighted by Crippen LogP contribution is -2.58. The molecule has 1 heterocycles. The number of ether oxygens (including phenoxy) is 1. The number of aliphatic hydroxyl groups excluding tert-OH is 1. The molecule has 0 spiro atoms. The van der Waals surface area contributed by atoms with Crippen molar-refractivity contribution in [2.75, 3.05) is 6.54 Å². The first kappa shape index (κ1) is 40.5. The first-order chi connectivity index (χ1) is 23.7. The molecular formula is C38H60N6O6. The second-order valence-corrected chi connectivity index (χ2v) is 15.1. The highest BCUT2D eigenvalue weighted by atomic mass is 16.6. The molecular weight excluding hydrogens is 636 g/mol. The van der Waals surface area contributed by atoms with E-state index in [0.29, 0.717) is 31.2 Å². The van der Waals surface area contributed by atoms with Crippen molar-refractivity contribution < 1.29 is 29.0 Å². The summed E-state index contributed by atoms with van der Waals surface area (Å²) in [6.07, 6.45) is 9.48. The lowest BCUT2D eigenvalue weighted by atomic mass is 9.83. The van der Waals surface area contributed by atoms with Gasteiger partial charge in [-0.1, -0.05) is 76.3 Å². The van der Waals surface area contributed by atoms with Gasteiger partial charge in [0.2, 0.25) is 17.7 Å². The van der Waals surface area contributed by atoms with E-state index in [9.17, 15) is 24.3 Å². The van der Waals surface area contributed by atoms with Crippen molar-refractivity contribution >= 4 is 23.8 Å². The third kappa shape index (κ3) is 14.9. The molecule has 0 radical (unpaired) electrons. The summed E-state index contributed by atoms with van der Waals surface area (Å²) in [5, 5.41) is 23.0. The molecule has 0 unspecified atom stereocenters. The maximum atomic E-state index is 14.1. The van der Waals surface area contributed by atoms with Gasteiger partial charge in [0.15, 0.2) is 0 Å². The Hall–Kier alpha value is -3.93. The first-order valence-electron chi connectivity index (χ1n) is 18.2. The summed E-state index contributed by atoms with van der Waals surface area (Å²) >= 11 is 0. The van der Waals surface area contributed by atoms with E-state index >= 15 is 0 Å². The summed E-state index contributed by atoms with van der Waals surface area (Å²) in [6, 6.07) is 6.65. The fourth-order valence-corrected chi connectivity index (χ4v) is 6.23. The average Bonchev–Trinajstić information content (AvgIpc) is 3.46. The van der Waals surface area contributed by atoms with E-state index in [1.807, 2.05) is 37.4 Å². The maximum absolute atomic E-state index is 14.1. The highest BCUT2D eigenvalue weighted by Gasteiger charge is 2.32. The van der Waals surface area contributed by atoms with Crippen LogP contribution in [-0.4, -0.2) is 74.8 Å². The number of aryl methyl sites for hydroxylation is 1. The van der Waals surface area contributed by atoms with Crippen molar-refractivity contribution in [3.05, 3.63) is 54.1 Å². The summed E-state index contributed by atoms with van der Waals surface area (Å²) in [5.74, 6) is -0.278. The molecule has 0 saturated heterocycles. The quantitative estimate of drug-likeness (QED) is 0.155. The number of aromatic nitrogens is 2. The molecule has 12 nitrogen and oxygen atoms in total. The zero-order valence-corrected chi connectivity index (χ0v) is 30.9. The molecule has 1 aliphatic rings. The van der Waals surface area contributed by atoms with Crippen LogP contribution < -0.4 is 21.3 Å². The molecule has 5 N–H and O–H groups in total. The Labute approximate surface area is 297 Å². The Morgan fingerprint density at radius 2 is 1.60 bits per heavy atom. The topological polar surface area (TPSA) is 164 Å². The van der Waals surface area contributed by atoms with Gasteiger partial charge in [0, 0.05) is 44.7 Å². The molecule has 1 aromatic heterocycles. The lowest BCUT2D eigenvalue weighted by molar-refractivity contribution is -0.131. The van der Waals surface area contributed by atoms with E-state index in [2.05, 4.69) is 40.1 Å². The minimum absolute atomic E-state index is 0.0530. The molecule has 1 aliphatic carbocycles. The lowest BCUT2D eigenvalue weighted by Gasteiger charge is -2.32. The SMILES string of the molecule is CC(C)CCC(=O)NCC[C@H](O)[C@H](CC1CCCCC1)NC(=O)[C@H](Cc1cncn1C)NC(=O)[C@H](Cc1ccccc1)NC(=O)OC(C)(C)C. The highest BCUT2D eigenvalue weighted by molar-refractivity contribution is 5.91. The zero-order valence-electron chi connectivity index (χ0n) is 30.9. The van der Waals surface area contributed by atoms with Crippen LogP contribution in [0.4, 0.5) is 4.79 Å². The molecule has 0 aliphatic heterocycles. The van der Waals surface area contributed by atoms with Gasteiger partial charge in [-0.3, -0.25) is 14.4 Å². The highest BCUT2D eigenvalue weighted by Crippen LogP contribution is 2.28. The van der Waals surface area contributed by atoms with Crippen LogP contribution in [0.5, 0.6) is 0 Å². The molecule has 4 atom stereocenters. The summed E-state index contributed by atoms with van der Waals surface area (Å²) in [6.45, 7) is 9.66. The second kappa shape index (κ2) is 20.1. The van der Waals surface area contributed by atoms with Crippen molar-refractivity contribution in [1.82, 2.24) is 30.8 Å². The molecule has 1 aromatic carbocycles. The van der Waals surface area contributed by atoms with Crippen molar-refractivity contribution in [2.24, 2.45) is 18.9 Å². The Kier molecular flexibility index (Phi) is 16.2. The van der Waals surface area contributed by atoms with Crippen molar-refractivity contribution in [3.63, 3.8) is 0 Å². The van der Waals surface area contributed by atoms with Crippen LogP contribution in [0.3, 0.4) is 0 Å². The normalized spacial score (nSPS) is 16.2. The monoisotopic (exact) mass is 696 g/mol. The summed E-state index contributed by atoms with van der Waals surface area (Å²) in [4.78, 5) is 57.4. The molecule has 3 rings (SSSR count). The number of aliphatic hydroxyl groups is 1. The van der Waals surface area contributed by atoms with Gasteiger partial charge in [-0.05, 0) is 57.4 Å². The van der Waals surface area contributed by atoms with Gasteiger partial charge in [0.1, 0.15) is 17.7 Å². The summed E-state index contributed by atoms with van der Waals surface area (Å²) in [7, 11) is 1.81. The van der Waals surface area contributed by atoms with Crippen molar-refractivity contribution in [2.45, 2.75) is 135 Å². The number of imidazole rings is 1. The zero-order chi connectivity index (χ0) is 36.7. The van der Waals surface area contributed by atoms with E-state index in [4.69, 9.17) is 4.74 Å². The Morgan fingerprint density at radius 1 is 0.940 bits per heavy atom. The van der Waals surface area contributed by atoms with E-state index in [1.54, 1.807) is 37.9 Å². The van der Waals surface area contributed by atoms with Gasteiger partial charge >= 0.3 is 6.09 Å². The van der Waals surface area contributed by atoms with Crippen LogP contribution >= 0.6 is 0 Å². The molecule has 12 heteroatoms. The molecule has 2 aromatic rings. The minimum atomic E-state index is -1.03. The Morgan fingerprint density at radius 3 is 2.22 bits per heavy atom. The second-order valence-electron chi connectivity index (χ2n) is 15.1. The number of hydrogen-bond donors (Lipinski definition) is 5. The number of nitrogens with one attached hydrogen (secondary N) is 4. The van der Waals surface area contributed by atoms with Crippen LogP contribution in [0.15, 0.2) is 42.9 Å². The number of nitrogens with zero attached hydrogens (tertiary/aromatic N) is 2. The van der Waals surface area contributed by atoms with Crippen LogP contribution in [0.1, 0.15) is 104 Å². The van der Waals surface area contributed by atoms with Crippen LogP contribution in [0, 0.1) is 11.8 Å². The summed E-state index contributed by atoms with van der Waals surface area (Å²) in [5.41, 5.74) is 0.771. The number of amides is 4. The number of carbonyl (C=O) groups is 4. The predicted octanol–water partition coefficient (Wildman–Crippen LogP) is 4.34. The van der Waals surface area contributed by atoms with E-state index in [0.717, 1.165) is 43.4 Å². The molecule has 1 fully saturated rings. The fourth-order valence-electron chi connectivity index (χ4n) is 6.23. The van der Waals surface area contributed by atoms with Crippen LogP contribution in [0.2, 0.25) is 0 Å². The van der Waals surface area contributed by atoms with Crippen molar-refractivity contribution in [3.8, 4) is 0 Å². The molecule has 1 saturated carbocycles. The van der Waals surface area contributed by atoms with Crippen LogP contribution in [0.25, 0.3) is 0 Å². The van der Waals surface area contributed by atoms with E-state index in [-0.39, 0.29) is 25.2 Å². The largest absolute Gasteiger partial charge is 0.444 e. The fraction of sp³-hybridized carbons (Fsp3) is 0.658. The third-order valence-electron chi connectivity index (χ3n) is 9.07. The standard InChI is InChI=1S/C38H60N6O6/c1-26(2)17-18-34(46)40-20-19-33(45)30(21-27-13-9-7-10-14-27)41-36(48)32(23-29-24-39-25-44(29)6)42-35(47)31(22-28-15-11-8-12-16-28)43-37(49)50-38(3,4)5/h8,11-12,15-16,24-27,30-33,45H,7,9-10,13-14,17-23H2,1-6H3,(H,40,46)(H,41,48)(H,42,47)(H,43,49)/t30-,31-,32-,33-/m0/s1. The Bertz CT molecular complexity index is 1350. The number of benzene rings is 1. The van der Waals surface area contributed by atoms with Crippen LogP contribution in [-0.2, 0) is 39.0 Å². The molecule has 4 amide bonds. The molecule has 278 valence electrons. The van der Waals surface area contributed by atoms with E-state index in [1.165, 1.54) is 6.42 Å². The Balaban J connectivity index is 1.80. The number of alkyl carbamates (subject to hydrolysis) is 1. The van der Waals surface area contributed by atoms with Gasteiger partial charge < -0.3 is 35.7 Å². The van der Waals surface area contributed by atoms with Gasteiger partial charge in [-0.15, -0.1) is 0 Å². The molecule has 50 heavy (non-hydrogen) atoms. The number of carbonyl (C=O) groups excluding carboxylic acids is 4. The average molecular weight is 697 g/mol. The van der Waals surface area contributed by atoms with Gasteiger partial charge in [-0.25, -0.2) is 9.78 Å². The maximum Gasteiger partial charge on any atom is 0.408 e. The summed E-state index contributed by atoms with van der Waals surface area (Å²) < 4.78 is 7.24. The number of rotatable bonds is 18. The smallest absolute Gasteiger partial charge is 0.408 e. The van der Waals surface area contributed by atoms with E-state index < -0.39 is 47.7 Å². The van der Waals surface area contributed by atoms with Gasteiger partial charge in [0.05, 0.1) is 18.5 Å². The first-order valence-corrected chi connectivity index (χ1v) is 18.2. The van der Waals surface area contributed by atoms with Gasteiger partial charge in [0.25, 0.3) is 0 Å². The predicted molar refractivity (Wildman–Crippen MR) is 193 cm³/mol. The molecule has 0 bridgehead atoms. The number of hydrogen-bond acceptors (Lipinski definition) is 7. The van der Waals surface area contributed by atoms with Crippen molar-refractivity contribution in [1.29, 1.82) is 0 Å². The minimum Gasteiger partial charge on any atom is -0.444 e. The third-order valence-corrected chi connectivity index (χ3v) is 9.07.